The smallest absolute Gasteiger partial charge is 0.345 e. The predicted octanol–water partition coefficient (Wildman–Crippen LogP) is 3.46. The number of rotatable bonds is 6. The zero-order valence-corrected chi connectivity index (χ0v) is 15.1. The van der Waals surface area contributed by atoms with Gasteiger partial charge in [0.25, 0.3) is 5.91 Å². The molecule has 1 aromatic heterocycles. The summed E-state index contributed by atoms with van der Waals surface area (Å²) in [6.45, 7) is 5.97. The summed E-state index contributed by atoms with van der Waals surface area (Å²) >= 11 is 0.931. The lowest BCUT2D eigenvalue weighted by molar-refractivity contribution is -0.131. The van der Waals surface area contributed by atoms with Crippen LogP contribution in [-0.4, -0.2) is 33.8 Å². The van der Waals surface area contributed by atoms with Gasteiger partial charge in [-0.25, -0.2) is 4.79 Å². The molecule has 0 fully saturated rings. The average molecular weight is 360 g/mol. The van der Waals surface area contributed by atoms with E-state index in [1.54, 1.807) is 24.0 Å². The number of carboxylic acids is 1. The van der Waals surface area contributed by atoms with E-state index in [4.69, 9.17) is 5.11 Å². The van der Waals surface area contributed by atoms with Gasteiger partial charge in [-0.1, -0.05) is 12.1 Å². The minimum atomic E-state index is -1.05. The fraction of sp³-hybridized carbons (Fsp3) is 0.278. The van der Waals surface area contributed by atoms with E-state index in [1.165, 1.54) is 12.1 Å². The second kappa shape index (κ2) is 7.94. The van der Waals surface area contributed by atoms with Gasteiger partial charge in [0.15, 0.2) is 0 Å². The Bertz CT molecular complexity index is 781. The van der Waals surface area contributed by atoms with Crippen LogP contribution in [0.15, 0.2) is 36.4 Å². The Morgan fingerprint density at radius 3 is 2.16 bits per heavy atom. The van der Waals surface area contributed by atoms with E-state index in [-0.39, 0.29) is 22.7 Å². The Kier molecular flexibility index (Phi) is 5.93. The molecule has 0 saturated heterocycles. The first kappa shape index (κ1) is 18.7. The minimum Gasteiger partial charge on any atom is -0.477 e. The topological polar surface area (TPSA) is 86.7 Å². The molecule has 7 heteroatoms. The van der Waals surface area contributed by atoms with Gasteiger partial charge < -0.3 is 15.3 Å². The Balaban J connectivity index is 2.03. The summed E-state index contributed by atoms with van der Waals surface area (Å²) in [4.78, 5) is 36.9. The maximum atomic E-state index is 12.1. The molecular formula is C18H20N2O4S. The van der Waals surface area contributed by atoms with E-state index >= 15 is 0 Å². The average Bonchev–Trinajstić information content (AvgIpc) is 3.03. The van der Waals surface area contributed by atoms with Gasteiger partial charge in [0, 0.05) is 25.2 Å². The van der Waals surface area contributed by atoms with Gasteiger partial charge in [-0.15, -0.1) is 11.3 Å². The summed E-state index contributed by atoms with van der Waals surface area (Å²) in [5.74, 6) is -1.38. The van der Waals surface area contributed by atoms with Crippen molar-refractivity contribution in [3.05, 3.63) is 51.7 Å². The van der Waals surface area contributed by atoms with Crippen molar-refractivity contribution in [3.63, 3.8) is 0 Å². The Morgan fingerprint density at radius 1 is 1.08 bits per heavy atom. The van der Waals surface area contributed by atoms with E-state index < -0.39 is 5.97 Å². The lowest BCUT2D eigenvalue weighted by atomic mass is 10.1. The van der Waals surface area contributed by atoms with E-state index in [0.29, 0.717) is 17.1 Å². The molecule has 1 aromatic carbocycles. The number of thiophene rings is 1. The molecule has 0 atom stereocenters. The fourth-order valence-electron chi connectivity index (χ4n) is 2.32. The maximum absolute atomic E-state index is 12.1. The Morgan fingerprint density at radius 2 is 1.68 bits per heavy atom. The highest BCUT2D eigenvalue weighted by atomic mass is 32.1. The fourth-order valence-corrected chi connectivity index (χ4v) is 3.06. The van der Waals surface area contributed by atoms with Crippen LogP contribution in [0.2, 0.25) is 0 Å². The summed E-state index contributed by atoms with van der Waals surface area (Å²) in [6, 6.07) is 10.2. The molecule has 2 N–H and O–H groups in total. The van der Waals surface area contributed by atoms with Gasteiger partial charge in [0.1, 0.15) is 4.88 Å². The molecule has 25 heavy (non-hydrogen) atoms. The quantitative estimate of drug-likeness (QED) is 0.826. The molecular weight excluding hydrogens is 340 g/mol. The summed E-state index contributed by atoms with van der Waals surface area (Å²) in [6.07, 6.45) is 0. The number of carboxylic acid groups (broad SMARTS) is 1. The van der Waals surface area contributed by atoms with Gasteiger partial charge in [-0.3, -0.25) is 9.59 Å². The largest absolute Gasteiger partial charge is 0.477 e. The van der Waals surface area contributed by atoms with E-state index in [2.05, 4.69) is 5.32 Å². The van der Waals surface area contributed by atoms with Crippen molar-refractivity contribution < 1.29 is 19.5 Å². The van der Waals surface area contributed by atoms with Crippen molar-refractivity contribution in [1.29, 1.82) is 0 Å². The van der Waals surface area contributed by atoms with Crippen LogP contribution in [0.3, 0.4) is 0 Å². The van der Waals surface area contributed by atoms with Crippen LogP contribution in [0.25, 0.3) is 0 Å². The number of nitrogens with zero attached hydrogens (tertiary/aromatic N) is 1. The molecule has 1 heterocycles. The van der Waals surface area contributed by atoms with Crippen molar-refractivity contribution in [3.8, 4) is 0 Å². The van der Waals surface area contributed by atoms with E-state index in [9.17, 15) is 14.4 Å². The van der Waals surface area contributed by atoms with Crippen LogP contribution >= 0.6 is 11.3 Å². The van der Waals surface area contributed by atoms with Crippen molar-refractivity contribution in [2.45, 2.75) is 33.4 Å². The van der Waals surface area contributed by atoms with Crippen LogP contribution in [-0.2, 0) is 11.3 Å². The van der Waals surface area contributed by atoms with Crippen LogP contribution in [0.4, 0.5) is 5.69 Å². The first-order chi connectivity index (χ1) is 11.8. The first-order valence-corrected chi connectivity index (χ1v) is 8.60. The maximum Gasteiger partial charge on any atom is 0.345 e. The molecule has 6 nitrogen and oxygen atoms in total. The second-order valence-corrected chi connectivity index (χ2v) is 6.94. The molecule has 0 aliphatic rings. The monoisotopic (exact) mass is 360 g/mol. The van der Waals surface area contributed by atoms with Crippen molar-refractivity contribution >= 4 is 34.8 Å². The number of carbonyl (C=O) groups excluding carboxylic acids is 2. The third-order valence-corrected chi connectivity index (χ3v) is 4.71. The number of hydrogen-bond acceptors (Lipinski definition) is 4. The number of hydrogen-bond donors (Lipinski definition) is 2. The lowest BCUT2D eigenvalue weighted by Gasteiger charge is -2.25. The third kappa shape index (κ3) is 4.90. The highest BCUT2D eigenvalue weighted by Gasteiger charge is 2.14. The molecule has 2 amide bonds. The van der Waals surface area contributed by atoms with Crippen molar-refractivity contribution in [1.82, 2.24) is 4.90 Å². The number of benzene rings is 1. The van der Waals surface area contributed by atoms with Gasteiger partial charge in [-0.2, -0.15) is 0 Å². The number of nitrogens with one attached hydrogen (secondary N) is 1. The normalized spacial score (nSPS) is 10.6. The van der Waals surface area contributed by atoms with E-state index in [0.717, 1.165) is 16.9 Å². The van der Waals surface area contributed by atoms with Crippen molar-refractivity contribution in [2.24, 2.45) is 0 Å². The van der Waals surface area contributed by atoms with Crippen LogP contribution in [0, 0.1) is 0 Å². The SMILES string of the molecule is CC(=O)N(Cc1ccc(NC(=O)c2ccc(C(=O)O)s2)cc1)C(C)C. The van der Waals surface area contributed by atoms with Crippen LogP contribution in [0.5, 0.6) is 0 Å². The first-order valence-electron chi connectivity index (χ1n) is 7.78. The highest BCUT2D eigenvalue weighted by molar-refractivity contribution is 7.15. The number of anilines is 1. The molecule has 0 unspecified atom stereocenters. The zero-order chi connectivity index (χ0) is 18.6. The molecule has 2 rings (SSSR count). The Hall–Kier alpha value is -2.67. The molecule has 0 aliphatic carbocycles. The molecule has 0 spiro atoms. The summed E-state index contributed by atoms with van der Waals surface area (Å²) < 4.78 is 0. The number of amides is 2. The van der Waals surface area contributed by atoms with Crippen LogP contribution in [0.1, 0.15) is 45.7 Å². The molecule has 0 saturated carbocycles. The molecule has 0 bridgehead atoms. The van der Waals surface area contributed by atoms with Gasteiger partial charge >= 0.3 is 5.97 Å². The molecule has 0 aliphatic heterocycles. The van der Waals surface area contributed by atoms with Gasteiger partial charge in [0.2, 0.25) is 5.91 Å². The lowest BCUT2D eigenvalue weighted by Crippen LogP contribution is -2.34. The van der Waals surface area contributed by atoms with Gasteiger partial charge in [-0.05, 0) is 43.7 Å². The third-order valence-electron chi connectivity index (χ3n) is 3.63. The zero-order valence-electron chi connectivity index (χ0n) is 14.3. The summed E-state index contributed by atoms with van der Waals surface area (Å²) in [5, 5.41) is 11.6. The minimum absolute atomic E-state index is 0.0132. The molecule has 2 aromatic rings. The highest BCUT2D eigenvalue weighted by Crippen LogP contribution is 2.19. The van der Waals surface area contributed by atoms with E-state index in [1.807, 2.05) is 26.0 Å². The van der Waals surface area contributed by atoms with Crippen LogP contribution < -0.4 is 5.32 Å². The number of carbonyl (C=O) groups is 3. The standard InChI is InChI=1S/C18H20N2O4S/c1-11(2)20(12(3)21)10-13-4-6-14(7-5-13)19-17(22)15-8-9-16(25-15)18(23)24/h4-9,11H,10H2,1-3H3,(H,19,22)(H,23,24). The second-order valence-electron chi connectivity index (χ2n) is 5.86. The van der Waals surface area contributed by atoms with Gasteiger partial charge in [0.05, 0.1) is 4.88 Å². The van der Waals surface area contributed by atoms with Crippen molar-refractivity contribution in [2.75, 3.05) is 5.32 Å². The number of aromatic carboxylic acids is 1. The predicted molar refractivity (Wildman–Crippen MR) is 97.0 cm³/mol. The summed E-state index contributed by atoms with van der Waals surface area (Å²) in [5.41, 5.74) is 1.57. The molecule has 132 valence electrons. The molecule has 0 radical (unpaired) electrons. The Labute approximate surface area is 150 Å². The summed E-state index contributed by atoms with van der Waals surface area (Å²) in [7, 11) is 0.